The van der Waals surface area contributed by atoms with Crippen LogP contribution in [-0.4, -0.2) is 162 Å². The monoisotopic (exact) mass is 1100 g/mol. The van der Waals surface area contributed by atoms with Crippen molar-refractivity contribution in [1.82, 2.24) is 24.6 Å². The molecule has 1 aromatic heterocycles. The molecule has 0 aliphatic carbocycles. The number of carbonyl (C=O) groups is 8. The second-order valence-electron chi connectivity index (χ2n) is 22.7. The first-order valence-electron chi connectivity index (χ1n) is 27.6. The van der Waals surface area contributed by atoms with E-state index in [4.69, 9.17) is 23.7 Å². The maximum atomic E-state index is 15.1. The van der Waals surface area contributed by atoms with Crippen LogP contribution in [0.4, 0.5) is 5.69 Å². The zero-order valence-electron chi connectivity index (χ0n) is 48.7. The van der Waals surface area contributed by atoms with E-state index in [1.165, 1.54) is 46.9 Å². The smallest absolute Gasteiger partial charge is 0.329 e. The average molecular weight is 1100 g/mol. The van der Waals surface area contributed by atoms with Gasteiger partial charge >= 0.3 is 23.9 Å². The highest BCUT2D eigenvalue weighted by molar-refractivity contribution is 5.94. The van der Waals surface area contributed by atoms with Gasteiger partial charge in [0.1, 0.15) is 36.5 Å². The third-order valence-corrected chi connectivity index (χ3v) is 14.3. The standard InChI is InChI=1S/C60H84N6O13/c1-36(2)28-45-57(71)76-41(10)54(68)63(12)48(31-39(7)8)60(74)79-52(33-43-20-22-44(23-21-43)35-66-26-27-75-50-24-25-61-34-49(50)66)56(70)65(14)46(29-37(3)4)58(72)77-40(9)53(67)62(11)47(30-38(5)6)59(73)78-51(55(69)64(45)13)32-42-18-16-15-17-19-42/h15-25,34,36-41,45-48,51-52H,26-33,35H2,1-14H3/t40-,41-,45+,46+,47+,48+,51-,52-/m1/s1. The molecule has 1 fully saturated rings. The third kappa shape index (κ3) is 17.2. The average Bonchev–Trinajstić information content (AvgIpc) is 3.40. The predicted molar refractivity (Wildman–Crippen MR) is 296 cm³/mol. The quantitative estimate of drug-likeness (QED) is 0.125. The van der Waals surface area contributed by atoms with E-state index >= 15 is 4.79 Å². The van der Waals surface area contributed by atoms with Gasteiger partial charge in [0, 0.05) is 59.8 Å². The Morgan fingerprint density at radius 3 is 1.25 bits per heavy atom. The first-order chi connectivity index (χ1) is 37.3. The number of hydrogen-bond acceptors (Lipinski definition) is 15. The van der Waals surface area contributed by atoms with Gasteiger partial charge < -0.3 is 48.2 Å². The maximum absolute atomic E-state index is 15.1. The van der Waals surface area contributed by atoms with Crippen LogP contribution >= 0.6 is 0 Å². The van der Waals surface area contributed by atoms with E-state index in [1.807, 2.05) is 85.7 Å². The third-order valence-electron chi connectivity index (χ3n) is 14.3. The van der Waals surface area contributed by atoms with Crippen molar-refractivity contribution < 1.29 is 62.0 Å². The summed E-state index contributed by atoms with van der Waals surface area (Å²) in [5.41, 5.74) is 3.07. The minimum absolute atomic E-state index is 0.0861. The number of hydrogen-bond donors (Lipinski definition) is 0. The summed E-state index contributed by atoms with van der Waals surface area (Å²) in [6, 6.07) is 13.1. The highest BCUT2D eigenvalue weighted by atomic mass is 16.6. The molecule has 19 nitrogen and oxygen atoms in total. The SMILES string of the molecule is CC(C)C[C@H]1C(=O)O[C@H](Cc2ccc(CN3CCOc4ccncc43)cc2)C(=O)N(C)[C@@H](CC(C)C)C(=O)O[C@H](C)C(=O)N(C)[C@@H](CC(C)C)C(=O)O[C@H](Cc2ccccc2)C(=O)N(C)[C@@H](CC(C)C)C(=O)O[C@H](C)C(=O)N1C. The number of anilines is 1. The fourth-order valence-corrected chi connectivity index (χ4v) is 9.81. The summed E-state index contributed by atoms with van der Waals surface area (Å²) in [6.45, 7) is 19.2. The van der Waals surface area contributed by atoms with Crippen molar-refractivity contribution in [1.29, 1.82) is 0 Å². The second kappa shape index (κ2) is 28.7. The van der Waals surface area contributed by atoms with Crippen LogP contribution in [0.3, 0.4) is 0 Å². The van der Waals surface area contributed by atoms with Crippen molar-refractivity contribution in [2.75, 3.05) is 46.2 Å². The van der Waals surface area contributed by atoms with E-state index in [9.17, 15) is 33.6 Å². The molecule has 5 rings (SSSR count). The van der Waals surface area contributed by atoms with E-state index in [-0.39, 0.29) is 62.2 Å². The van der Waals surface area contributed by atoms with Gasteiger partial charge in [-0.15, -0.1) is 0 Å². The number of nitrogens with zero attached hydrogens (tertiary/aromatic N) is 6. The van der Waals surface area contributed by atoms with Crippen LogP contribution in [0.15, 0.2) is 73.1 Å². The van der Waals surface area contributed by atoms with Gasteiger partial charge in [0.2, 0.25) is 0 Å². The number of fused-ring (bicyclic) bond motifs is 1. The molecule has 2 aromatic carbocycles. The molecule has 0 N–H and O–H groups in total. The number of amides is 4. The van der Waals surface area contributed by atoms with Gasteiger partial charge in [0.15, 0.2) is 24.4 Å². The van der Waals surface area contributed by atoms with Crippen LogP contribution in [0.5, 0.6) is 5.75 Å². The lowest BCUT2D eigenvalue weighted by atomic mass is 9.99. The van der Waals surface area contributed by atoms with Crippen LogP contribution in [0, 0.1) is 23.7 Å². The molecule has 3 aromatic rings. The lowest BCUT2D eigenvalue weighted by Gasteiger charge is -2.35. The van der Waals surface area contributed by atoms with E-state index in [2.05, 4.69) is 9.88 Å². The van der Waals surface area contributed by atoms with Crippen LogP contribution in [0.1, 0.15) is 112 Å². The number of benzene rings is 2. The molecule has 3 heterocycles. The predicted octanol–water partition coefficient (Wildman–Crippen LogP) is 6.46. The molecule has 0 spiro atoms. The van der Waals surface area contributed by atoms with Gasteiger partial charge in [-0.3, -0.25) is 24.2 Å². The first-order valence-corrected chi connectivity index (χ1v) is 27.6. The molecule has 0 radical (unpaired) electrons. The number of aromatic nitrogens is 1. The van der Waals surface area contributed by atoms with Crippen LogP contribution in [0.2, 0.25) is 0 Å². The molecule has 4 amide bonds. The minimum Gasteiger partial charge on any atom is -0.489 e. The molecule has 0 saturated carbocycles. The fraction of sp³-hybridized carbons (Fsp3) is 0.583. The summed E-state index contributed by atoms with van der Waals surface area (Å²) in [7, 11) is 5.58. The molecule has 2 aliphatic heterocycles. The maximum Gasteiger partial charge on any atom is 0.329 e. The number of likely N-dealkylation sites (N-methyl/N-ethyl adjacent to an activating group) is 4. The summed E-state index contributed by atoms with van der Waals surface area (Å²) in [5.74, 6) is -6.59. The van der Waals surface area contributed by atoms with Crippen molar-refractivity contribution in [2.45, 2.75) is 163 Å². The summed E-state index contributed by atoms with van der Waals surface area (Å²) in [6.07, 6.45) is -2.39. The molecule has 1 saturated heterocycles. The first kappa shape index (κ1) is 62.8. The van der Waals surface area contributed by atoms with Crippen molar-refractivity contribution in [3.63, 3.8) is 0 Å². The van der Waals surface area contributed by atoms with Gasteiger partial charge in [-0.1, -0.05) is 110 Å². The van der Waals surface area contributed by atoms with E-state index in [0.29, 0.717) is 30.8 Å². The number of carbonyl (C=O) groups excluding carboxylic acids is 8. The fourth-order valence-electron chi connectivity index (χ4n) is 9.81. The Hall–Kier alpha value is -7.05. The summed E-state index contributed by atoms with van der Waals surface area (Å²) < 4.78 is 29.9. The molecule has 0 unspecified atom stereocenters. The molecule has 2 aliphatic rings. The zero-order valence-corrected chi connectivity index (χ0v) is 48.7. The number of cyclic esters (lactones) is 4. The molecule has 79 heavy (non-hydrogen) atoms. The highest BCUT2D eigenvalue weighted by Gasteiger charge is 2.43. The lowest BCUT2D eigenvalue weighted by Crippen LogP contribution is -2.55. The van der Waals surface area contributed by atoms with Gasteiger partial charge in [0.25, 0.3) is 23.6 Å². The summed E-state index contributed by atoms with van der Waals surface area (Å²) in [5, 5.41) is 0. The Kier molecular flexibility index (Phi) is 22.8. The number of pyridine rings is 1. The zero-order chi connectivity index (χ0) is 58.4. The molecule has 8 atom stereocenters. The largest absolute Gasteiger partial charge is 0.489 e. The Bertz CT molecular complexity index is 2560. The Balaban J connectivity index is 1.58. The van der Waals surface area contributed by atoms with Crippen molar-refractivity contribution >= 4 is 53.2 Å². The highest BCUT2D eigenvalue weighted by Crippen LogP contribution is 2.32. The summed E-state index contributed by atoms with van der Waals surface area (Å²) in [4.78, 5) is 128. The molecular formula is C60H84N6O13. The Labute approximate surface area is 466 Å². The van der Waals surface area contributed by atoms with Crippen molar-refractivity contribution in [2.24, 2.45) is 23.7 Å². The minimum atomic E-state index is -1.54. The van der Waals surface area contributed by atoms with Gasteiger partial charge in [-0.2, -0.15) is 0 Å². The summed E-state index contributed by atoms with van der Waals surface area (Å²) >= 11 is 0. The Morgan fingerprint density at radius 2 is 0.848 bits per heavy atom. The van der Waals surface area contributed by atoms with E-state index in [0.717, 1.165) is 31.7 Å². The number of ether oxygens (including phenoxy) is 5. The van der Waals surface area contributed by atoms with Gasteiger partial charge in [0.05, 0.1) is 18.4 Å². The lowest BCUT2D eigenvalue weighted by molar-refractivity contribution is -0.176. The second-order valence-corrected chi connectivity index (χ2v) is 22.7. The topological polar surface area (TPSA) is 212 Å². The van der Waals surface area contributed by atoms with Crippen LogP contribution in [0.25, 0.3) is 0 Å². The van der Waals surface area contributed by atoms with Crippen molar-refractivity contribution in [3.8, 4) is 5.75 Å². The van der Waals surface area contributed by atoms with Crippen LogP contribution < -0.4 is 9.64 Å². The van der Waals surface area contributed by atoms with E-state index in [1.54, 1.807) is 42.7 Å². The number of rotatable bonds is 14. The van der Waals surface area contributed by atoms with E-state index < -0.39 is 96.1 Å². The Morgan fingerprint density at radius 1 is 0.481 bits per heavy atom. The normalized spacial score (nSPS) is 24.1. The number of esters is 4. The molecular weight excluding hydrogens is 1010 g/mol. The molecule has 19 heteroatoms. The van der Waals surface area contributed by atoms with Gasteiger partial charge in [-0.25, -0.2) is 19.2 Å². The van der Waals surface area contributed by atoms with Gasteiger partial charge in [-0.05, 0) is 79.9 Å². The van der Waals surface area contributed by atoms with Crippen molar-refractivity contribution in [3.05, 3.63) is 89.7 Å². The van der Waals surface area contributed by atoms with Crippen LogP contribution in [-0.2, 0) is 76.7 Å². The molecule has 432 valence electrons. The molecule has 0 bridgehead atoms.